The Kier molecular flexibility index (Phi) is 2.37. The van der Waals surface area contributed by atoms with Crippen molar-refractivity contribution in [2.24, 2.45) is 0 Å². The van der Waals surface area contributed by atoms with Crippen LogP contribution in [-0.4, -0.2) is 26.2 Å². The van der Waals surface area contributed by atoms with E-state index in [1.807, 2.05) is 11.9 Å². The standard InChI is InChI=1S/C10H12F2N2/c1-14(8-5-13-6-8)7-2-3-9(11)10(12)4-7/h2-4,8,13H,5-6H2,1H3. The summed E-state index contributed by atoms with van der Waals surface area (Å²) in [5.74, 6) is -1.59. The molecule has 0 bridgehead atoms. The highest BCUT2D eigenvalue weighted by atomic mass is 19.2. The van der Waals surface area contributed by atoms with E-state index in [-0.39, 0.29) is 0 Å². The third-order valence-electron chi connectivity index (χ3n) is 2.62. The van der Waals surface area contributed by atoms with E-state index in [1.165, 1.54) is 6.07 Å². The lowest BCUT2D eigenvalue weighted by Crippen LogP contribution is -2.56. The number of nitrogens with one attached hydrogen (secondary N) is 1. The molecule has 1 aromatic rings. The van der Waals surface area contributed by atoms with E-state index in [2.05, 4.69) is 5.32 Å². The minimum absolute atomic E-state index is 0.389. The highest BCUT2D eigenvalue weighted by Gasteiger charge is 2.22. The van der Waals surface area contributed by atoms with E-state index in [1.54, 1.807) is 6.07 Å². The lowest BCUT2D eigenvalue weighted by molar-refractivity contribution is 0.427. The highest BCUT2D eigenvalue weighted by Crippen LogP contribution is 2.19. The zero-order chi connectivity index (χ0) is 10.1. The Morgan fingerprint density at radius 2 is 2.00 bits per heavy atom. The molecule has 0 unspecified atom stereocenters. The molecule has 1 aliphatic rings. The highest BCUT2D eigenvalue weighted by molar-refractivity contribution is 5.47. The van der Waals surface area contributed by atoms with E-state index < -0.39 is 11.6 Å². The molecule has 4 heteroatoms. The largest absolute Gasteiger partial charge is 0.369 e. The van der Waals surface area contributed by atoms with Crippen molar-refractivity contribution in [2.45, 2.75) is 6.04 Å². The van der Waals surface area contributed by atoms with Gasteiger partial charge in [-0.1, -0.05) is 0 Å². The first kappa shape index (κ1) is 9.40. The van der Waals surface area contributed by atoms with Crippen LogP contribution in [0.15, 0.2) is 18.2 Å². The minimum Gasteiger partial charge on any atom is -0.369 e. The summed E-state index contributed by atoms with van der Waals surface area (Å²) in [7, 11) is 1.89. The Hall–Kier alpha value is -1.16. The van der Waals surface area contributed by atoms with Crippen LogP contribution >= 0.6 is 0 Å². The van der Waals surface area contributed by atoms with Gasteiger partial charge in [-0.05, 0) is 12.1 Å². The van der Waals surface area contributed by atoms with Crippen LogP contribution in [0.1, 0.15) is 0 Å². The molecule has 0 radical (unpaired) electrons. The summed E-state index contributed by atoms with van der Waals surface area (Å²) in [6.07, 6.45) is 0. The molecule has 76 valence electrons. The van der Waals surface area contributed by atoms with Crippen molar-refractivity contribution in [3.63, 3.8) is 0 Å². The number of halogens is 2. The van der Waals surface area contributed by atoms with E-state index in [9.17, 15) is 8.78 Å². The van der Waals surface area contributed by atoms with E-state index in [4.69, 9.17) is 0 Å². The second-order valence-electron chi connectivity index (χ2n) is 3.52. The van der Waals surface area contributed by atoms with Crippen LogP contribution in [-0.2, 0) is 0 Å². The summed E-state index contributed by atoms with van der Waals surface area (Å²) in [4.78, 5) is 1.96. The number of nitrogens with zero attached hydrogens (tertiary/aromatic N) is 1. The van der Waals surface area contributed by atoms with Crippen LogP contribution in [0.5, 0.6) is 0 Å². The molecule has 1 heterocycles. The smallest absolute Gasteiger partial charge is 0.160 e. The Balaban J connectivity index is 2.18. The predicted molar refractivity (Wildman–Crippen MR) is 51.4 cm³/mol. The maximum absolute atomic E-state index is 12.9. The van der Waals surface area contributed by atoms with Gasteiger partial charge in [0.2, 0.25) is 0 Å². The number of likely N-dealkylation sites (N-methyl/N-ethyl adjacent to an activating group) is 1. The second-order valence-corrected chi connectivity index (χ2v) is 3.52. The van der Waals surface area contributed by atoms with Gasteiger partial charge in [-0.25, -0.2) is 8.78 Å². The first-order chi connectivity index (χ1) is 6.68. The average molecular weight is 198 g/mol. The number of hydrogen-bond donors (Lipinski definition) is 1. The van der Waals surface area contributed by atoms with Crippen molar-refractivity contribution >= 4 is 5.69 Å². The molecule has 14 heavy (non-hydrogen) atoms. The molecule has 1 N–H and O–H groups in total. The van der Waals surface area contributed by atoms with Gasteiger partial charge in [0.15, 0.2) is 11.6 Å². The number of hydrogen-bond acceptors (Lipinski definition) is 2. The third kappa shape index (κ3) is 1.57. The van der Waals surface area contributed by atoms with E-state index >= 15 is 0 Å². The SMILES string of the molecule is CN(c1ccc(F)c(F)c1)C1CNC1. The van der Waals surface area contributed by atoms with Crippen molar-refractivity contribution in [1.82, 2.24) is 5.32 Å². The second kappa shape index (κ2) is 3.53. The Morgan fingerprint density at radius 3 is 2.50 bits per heavy atom. The van der Waals surface area contributed by atoms with Gasteiger partial charge in [-0.2, -0.15) is 0 Å². The maximum Gasteiger partial charge on any atom is 0.160 e. The van der Waals surface area contributed by atoms with Crippen LogP contribution in [0, 0.1) is 11.6 Å². The lowest BCUT2D eigenvalue weighted by atomic mass is 10.1. The molecule has 0 atom stereocenters. The zero-order valence-corrected chi connectivity index (χ0v) is 7.93. The van der Waals surface area contributed by atoms with Crippen molar-refractivity contribution in [1.29, 1.82) is 0 Å². The van der Waals surface area contributed by atoms with Crippen molar-refractivity contribution in [2.75, 3.05) is 25.0 Å². The van der Waals surface area contributed by atoms with Crippen LogP contribution in [0.2, 0.25) is 0 Å². The van der Waals surface area contributed by atoms with E-state index in [0.29, 0.717) is 6.04 Å². The lowest BCUT2D eigenvalue weighted by Gasteiger charge is -2.37. The van der Waals surface area contributed by atoms with Crippen molar-refractivity contribution in [3.05, 3.63) is 29.8 Å². The molecule has 0 spiro atoms. The number of rotatable bonds is 2. The van der Waals surface area contributed by atoms with Crippen LogP contribution < -0.4 is 10.2 Å². The third-order valence-corrected chi connectivity index (χ3v) is 2.62. The molecule has 1 saturated heterocycles. The Bertz CT molecular complexity index is 337. The monoisotopic (exact) mass is 198 g/mol. The van der Waals surface area contributed by atoms with Gasteiger partial charge in [0.05, 0.1) is 6.04 Å². The van der Waals surface area contributed by atoms with Gasteiger partial charge in [-0.3, -0.25) is 0 Å². The molecule has 0 saturated carbocycles. The van der Waals surface area contributed by atoms with Gasteiger partial charge in [0.1, 0.15) is 0 Å². The fourth-order valence-electron chi connectivity index (χ4n) is 1.46. The summed E-state index contributed by atoms with van der Waals surface area (Å²) < 4.78 is 25.6. The summed E-state index contributed by atoms with van der Waals surface area (Å²) >= 11 is 0. The molecule has 1 aliphatic heterocycles. The van der Waals surface area contributed by atoms with Crippen LogP contribution in [0.3, 0.4) is 0 Å². The minimum atomic E-state index is -0.797. The van der Waals surface area contributed by atoms with Gasteiger partial charge in [0, 0.05) is 31.9 Å². The maximum atomic E-state index is 12.9. The van der Waals surface area contributed by atoms with Gasteiger partial charge >= 0.3 is 0 Å². The first-order valence-electron chi connectivity index (χ1n) is 4.57. The summed E-state index contributed by atoms with van der Waals surface area (Å²) in [5, 5.41) is 3.13. The summed E-state index contributed by atoms with van der Waals surface area (Å²) in [6.45, 7) is 1.80. The predicted octanol–water partition coefficient (Wildman–Crippen LogP) is 1.37. The quantitative estimate of drug-likeness (QED) is 0.772. The summed E-state index contributed by atoms with van der Waals surface area (Å²) in [6, 6.07) is 4.37. The average Bonchev–Trinajstić information content (AvgIpc) is 2.06. The topological polar surface area (TPSA) is 15.3 Å². The Morgan fingerprint density at radius 1 is 1.29 bits per heavy atom. The Labute approximate surface area is 81.5 Å². The number of anilines is 1. The normalized spacial score (nSPS) is 16.5. The van der Waals surface area contributed by atoms with Crippen molar-refractivity contribution < 1.29 is 8.78 Å². The molecule has 2 rings (SSSR count). The van der Waals surface area contributed by atoms with E-state index in [0.717, 1.165) is 24.8 Å². The number of benzene rings is 1. The van der Waals surface area contributed by atoms with Gasteiger partial charge < -0.3 is 10.2 Å². The first-order valence-corrected chi connectivity index (χ1v) is 4.57. The molecular weight excluding hydrogens is 186 g/mol. The van der Waals surface area contributed by atoms with Crippen LogP contribution in [0.25, 0.3) is 0 Å². The summed E-state index contributed by atoms with van der Waals surface area (Å²) in [5.41, 5.74) is 0.718. The fourth-order valence-corrected chi connectivity index (χ4v) is 1.46. The van der Waals surface area contributed by atoms with Gasteiger partial charge in [0.25, 0.3) is 0 Å². The molecule has 1 aromatic carbocycles. The molecule has 1 fully saturated rings. The van der Waals surface area contributed by atoms with Crippen molar-refractivity contribution in [3.8, 4) is 0 Å². The zero-order valence-electron chi connectivity index (χ0n) is 7.93. The molecule has 2 nitrogen and oxygen atoms in total. The fraction of sp³-hybridized carbons (Fsp3) is 0.400. The molecule has 0 aromatic heterocycles. The molecular formula is C10H12F2N2. The molecule has 0 aliphatic carbocycles. The van der Waals surface area contributed by atoms with Crippen LogP contribution in [0.4, 0.5) is 14.5 Å². The molecule has 0 amide bonds. The van der Waals surface area contributed by atoms with Gasteiger partial charge in [-0.15, -0.1) is 0 Å².